The molecule has 1 N–H and O–H groups in total. The van der Waals surface area contributed by atoms with Crippen LogP contribution in [0.5, 0.6) is 5.75 Å². The lowest BCUT2D eigenvalue weighted by Gasteiger charge is -2.35. The van der Waals surface area contributed by atoms with Crippen molar-refractivity contribution in [2.75, 3.05) is 12.4 Å². The quantitative estimate of drug-likeness (QED) is 0.159. The fourth-order valence-corrected chi connectivity index (χ4v) is 6.70. The van der Waals surface area contributed by atoms with Gasteiger partial charge in [-0.05, 0) is 48.0 Å². The van der Waals surface area contributed by atoms with Crippen LogP contribution in [-0.2, 0) is 38.1 Å². The maximum atomic E-state index is 13.5. The van der Waals surface area contributed by atoms with Crippen LogP contribution in [0.25, 0.3) is 0 Å². The number of carbonyl (C=O) groups excluding carboxylic acids is 2. The van der Waals surface area contributed by atoms with Crippen LogP contribution in [0.1, 0.15) is 73.1 Å². The molecule has 7 atom stereocenters. The topological polar surface area (TPSA) is 166 Å². The second-order valence-corrected chi connectivity index (χ2v) is 13.5. The summed E-state index contributed by atoms with van der Waals surface area (Å²) >= 11 is 1.30. The van der Waals surface area contributed by atoms with Crippen LogP contribution in [0, 0.1) is 0 Å². The van der Waals surface area contributed by atoms with Gasteiger partial charge in [0.05, 0.1) is 12.1 Å². The van der Waals surface area contributed by atoms with Crippen molar-refractivity contribution in [3.05, 3.63) is 41.0 Å². The van der Waals surface area contributed by atoms with Crippen LogP contribution < -0.4 is 15.7 Å². The summed E-state index contributed by atoms with van der Waals surface area (Å²) in [5.74, 6) is -2.16. The molecule has 0 radical (unpaired) electrons. The van der Waals surface area contributed by atoms with E-state index < -0.39 is 65.5 Å². The van der Waals surface area contributed by atoms with Crippen LogP contribution in [-0.4, -0.2) is 82.8 Å². The minimum absolute atomic E-state index is 0.217. The Balaban J connectivity index is 1.26. The SMILES string of the molecule is C=CCOc1cc([C@@H](CCC)NC(=O)[C@]2(C)CSC(/C(C)=N/OC(=O)[C@H]3O[C@@H]4OC(C)(C)O[C@@H]4[C@H]4OC(C)(C)O[C@H]43)=N2)oc(=O)c1. The van der Waals surface area contributed by atoms with E-state index in [1.54, 1.807) is 53.7 Å². The first-order chi connectivity index (χ1) is 21.6. The maximum Gasteiger partial charge on any atom is 0.366 e. The van der Waals surface area contributed by atoms with Crippen LogP contribution in [0.3, 0.4) is 0 Å². The number of rotatable bonds is 11. The molecule has 252 valence electrons. The van der Waals surface area contributed by atoms with E-state index in [9.17, 15) is 14.4 Å². The third-order valence-electron chi connectivity index (χ3n) is 7.65. The predicted molar refractivity (Wildman–Crippen MR) is 166 cm³/mol. The largest absolute Gasteiger partial charge is 0.489 e. The van der Waals surface area contributed by atoms with Gasteiger partial charge in [-0.25, -0.2) is 9.59 Å². The van der Waals surface area contributed by atoms with Gasteiger partial charge in [0.25, 0.3) is 0 Å². The number of nitrogens with one attached hydrogen (secondary N) is 1. The molecule has 46 heavy (non-hydrogen) atoms. The average Bonchev–Trinajstić information content (AvgIpc) is 3.64. The number of carbonyl (C=O) groups is 2. The van der Waals surface area contributed by atoms with Gasteiger partial charge in [-0.2, -0.15) is 0 Å². The molecule has 0 saturated carbocycles. The lowest BCUT2D eigenvalue weighted by molar-refractivity contribution is -0.239. The molecule has 5 rings (SSSR count). The van der Waals surface area contributed by atoms with Crippen molar-refractivity contribution < 1.29 is 47.3 Å². The zero-order chi connectivity index (χ0) is 33.4. The summed E-state index contributed by atoms with van der Waals surface area (Å²) in [7, 11) is 0. The van der Waals surface area contributed by atoms with Gasteiger partial charge in [0.1, 0.15) is 52.7 Å². The molecular formula is C31H41N3O11S. The molecule has 0 aromatic carbocycles. The first-order valence-corrected chi connectivity index (χ1v) is 16.2. The minimum Gasteiger partial charge on any atom is -0.489 e. The molecule has 1 amide bonds. The molecule has 3 fully saturated rings. The summed E-state index contributed by atoms with van der Waals surface area (Å²) in [6.45, 7) is 16.1. The normalized spacial score (nSPS) is 31.8. The summed E-state index contributed by atoms with van der Waals surface area (Å²) in [6, 6.07) is 2.24. The molecule has 1 aromatic rings. The third kappa shape index (κ3) is 7.39. The van der Waals surface area contributed by atoms with Crippen molar-refractivity contribution in [3.63, 3.8) is 0 Å². The third-order valence-corrected chi connectivity index (χ3v) is 9.02. The Kier molecular flexibility index (Phi) is 9.83. The molecular weight excluding hydrogens is 622 g/mol. The predicted octanol–water partition coefficient (Wildman–Crippen LogP) is 3.38. The number of hydrogen-bond acceptors (Lipinski definition) is 14. The van der Waals surface area contributed by atoms with Gasteiger partial charge in [0.15, 0.2) is 24.0 Å². The number of nitrogens with zero attached hydrogens (tertiary/aromatic N) is 2. The van der Waals surface area contributed by atoms with E-state index in [0.29, 0.717) is 35.1 Å². The summed E-state index contributed by atoms with van der Waals surface area (Å²) in [4.78, 5) is 48.9. The number of aliphatic imine (C=N–C) groups is 1. The number of thioether (sulfide) groups is 1. The first kappa shape index (κ1) is 34.3. The highest BCUT2D eigenvalue weighted by atomic mass is 32.2. The van der Waals surface area contributed by atoms with Gasteiger partial charge in [0, 0.05) is 11.8 Å². The highest BCUT2D eigenvalue weighted by molar-refractivity contribution is 8.16. The number of oxime groups is 1. The van der Waals surface area contributed by atoms with E-state index in [1.807, 2.05) is 6.92 Å². The van der Waals surface area contributed by atoms with Crippen LogP contribution in [0.2, 0.25) is 0 Å². The van der Waals surface area contributed by atoms with E-state index in [-0.39, 0.29) is 18.3 Å². The van der Waals surface area contributed by atoms with Crippen LogP contribution >= 0.6 is 11.8 Å². The number of amides is 1. The lowest BCUT2D eigenvalue weighted by atomic mass is 9.99. The number of ether oxygens (including phenoxy) is 6. The molecule has 14 nitrogen and oxygen atoms in total. The zero-order valence-electron chi connectivity index (χ0n) is 27.0. The Morgan fingerprint density at radius 3 is 2.54 bits per heavy atom. The Hall–Kier alpha value is -3.08. The fourth-order valence-electron chi connectivity index (χ4n) is 5.58. The molecule has 4 aliphatic heterocycles. The standard InChI is InChI=1S/C31H41N3O11S/c1-9-11-18(19-13-17(38-12-10-2)14-20(35)39-19)32-28(37)31(8)15-46-25(33-31)16(3)34-45-26(36)23-21-22(42-29(4,5)41-21)24-27(40-23)44-30(6,7)43-24/h10,13-14,18,21-24,27H,2,9,11-12,15H2,1,3-8H3,(H,32,37)/b34-16+/t18-,21-,22+,23+,24-,27-,31+/m1/s1. The number of hydrogen-bond donors (Lipinski definition) is 1. The maximum absolute atomic E-state index is 13.5. The Morgan fingerprint density at radius 2 is 1.83 bits per heavy atom. The van der Waals surface area contributed by atoms with Crippen molar-refractivity contribution in [1.29, 1.82) is 0 Å². The van der Waals surface area contributed by atoms with E-state index in [0.717, 1.165) is 0 Å². The van der Waals surface area contributed by atoms with Crippen molar-refractivity contribution >= 4 is 34.4 Å². The van der Waals surface area contributed by atoms with Crippen LogP contribution in [0.4, 0.5) is 0 Å². The smallest absolute Gasteiger partial charge is 0.366 e. The van der Waals surface area contributed by atoms with Gasteiger partial charge in [0.2, 0.25) is 5.91 Å². The molecule has 4 aliphatic rings. The molecule has 0 bridgehead atoms. The van der Waals surface area contributed by atoms with Gasteiger partial charge < -0.3 is 43.0 Å². The summed E-state index contributed by atoms with van der Waals surface area (Å²) < 4.78 is 40.7. The van der Waals surface area contributed by atoms with Crippen LogP contribution in [0.15, 0.2) is 44.1 Å². The lowest BCUT2D eigenvalue weighted by Crippen LogP contribution is -2.57. The number of fused-ring (bicyclic) bond motifs is 3. The van der Waals surface area contributed by atoms with Crippen molar-refractivity contribution in [2.45, 2.75) is 115 Å². The first-order valence-electron chi connectivity index (χ1n) is 15.2. The Labute approximate surface area is 271 Å². The molecule has 5 heterocycles. The second-order valence-electron chi connectivity index (χ2n) is 12.6. The molecule has 0 spiro atoms. The highest BCUT2D eigenvalue weighted by Gasteiger charge is 2.62. The van der Waals surface area contributed by atoms with Crippen molar-refractivity contribution in [1.82, 2.24) is 5.32 Å². The van der Waals surface area contributed by atoms with Crippen molar-refractivity contribution in [2.24, 2.45) is 10.1 Å². The fraction of sp³-hybridized carbons (Fsp3) is 0.645. The van der Waals surface area contributed by atoms with E-state index in [4.69, 9.17) is 37.7 Å². The van der Waals surface area contributed by atoms with Crippen molar-refractivity contribution in [3.8, 4) is 5.75 Å². The van der Waals surface area contributed by atoms with Gasteiger partial charge in [-0.15, -0.1) is 11.8 Å². The molecule has 15 heteroatoms. The molecule has 0 unspecified atom stereocenters. The zero-order valence-corrected chi connectivity index (χ0v) is 27.8. The molecule has 1 aromatic heterocycles. The van der Waals surface area contributed by atoms with Gasteiger partial charge >= 0.3 is 11.6 Å². The molecule has 0 aliphatic carbocycles. The second kappa shape index (κ2) is 13.2. The monoisotopic (exact) mass is 663 g/mol. The molecule has 3 saturated heterocycles. The summed E-state index contributed by atoms with van der Waals surface area (Å²) in [5, 5.41) is 7.42. The average molecular weight is 664 g/mol. The summed E-state index contributed by atoms with van der Waals surface area (Å²) in [5.41, 5.74) is -1.45. The van der Waals surface area contributed by atoms with E-state index in [1.165, 1.54) is 17.8 Å². The Morgan fingerprint density at radius 1 is 1.13 bits per heavy atom. The highest BCUT2D eigenvalue weighted by Crippen LogP contribution is 2.44. The summed E-state index contributed by atoms with van der Waals surface area (Å²) in [6.07, 6.45) is -1.29. The van der Waals surface area contributed by atoms with Gasteiger partial charge in [-0.1, -0.05) is 31.2 Å². The van der Waals surface area contributed by atoms with E-state index in [2.05, 4.69) is 22.0 Å². The van der Waals surface area contributed by atoms with Gasteiger partial charge in [-0.3, -0.25) is 9.79 Å². The Bertz CT molecular complexity index is 1470. The minimum atomic E-state index is -1.19. The van der Waals surface area contributed by atoms with E-state index >= 15 is 0 Å².